The van der Waals surface area contributed by atoms with Crippen molar-refractivity contribution in [2.45, 2.75) is 19.1 Å². The average Bonchev–Trinajstić information content (AvgIpc) is 1.51. The Bertz CT molecular complexity index is 5550. The number of furan rings is 1. The van der Waals surface area contributed by atoms with Gasteiger partial charge < -0.3 is 9.32 Å². The van der Waals surface area contributed by atoms with E-state index in [-0.39, 0.29) is 4.90 Å². The molecule has 2 nitrogen and oxygen atoms in total. The van der Waals surface area contributed by atoms with Gasteiger partial charge in [-0.15, -0.1) is 0 Å². The number of anilines is 3. The first-order valence-corrected chi connectivity index (χ1v) is 17.7. The summed E-state index contributed by atoms with van der Waals surface area (Å²) in [7, 11) is 0. The molecule has 0 amide bonds. The fourth-order valence-corrected chi connectivity index (χ4v) is 6.98. The second-order valence-electron chi connectivity index (χ2n) is 13.2. The van der Waals surface area contributed by atoms with Crippen LogP contribution in [-0.4, -0.2) is 0 Å². The summed E-state index contributed by atoms with van der Waals surface area (Å²) in [5, 5.41) is -4.66. The van der Waals surface area contributed by atoms with E-state index in [1.165, 1.54) is 0 Å². The molecule has 0 aliphatic heterocycles. The molecule has 1 aromatic heterocycles. The van der Waals surface area contributed by atoms with Gasteiger partial charge in [0.15, 0.2) is 5.58 Å². The van der Waals surface area contributed by atoms with E-state index in [2.05, 4.69) is 0 Å². The largest absolute Gasteiger partial charge is 0.453 e. The minimum Gasteiger partial charge on any atom is -0.453 e. The quantitative estimate of drug-likeness (QED) is 0.142. The van der Waals surface area contributed by atoms with Crippen LogP contribution in [-0.2, 0) is 5.41 Å². The van der Waals surface area contributed by atoms with Gasteiger partial charge in [0.25, 0.3) is 0 Å². The molecule has 10 aromatic rings. The molecule has 1 aliphatic rings. The van der Waals surface area contributed by atoms with Crippen LogP contribution in [0.1, 0.15) is 85.2 Å². The number of nitrogens with zero attached hydrogens (tertiary/aromatic N) is 1. The molecule has 9 aromatic carbocycles. The Kier molecular flexibility index (Phi) is 3.20. The first-order valence-electron chi connectivity index (χ1n) is 37.9. The lowest BCUT2D eigenvalue weighted by Gasteiger charge is -2.28. The molecule has 2 heteroatoms. The molecule has 0 fully saturated rings. The van der Waals surface area contributed by atoms with Crippen molar-refractivity contribution in [1.29, 1.82) is 0 Å². The highest BCUT2D eigenvalue weighted by Gasteiger charge is 2.36. The van der Waals surface area contributed by atoms with Crippen molar-refractivity contribution in [2.75, 3.05) is 4.90 Å². The third kappa shape index (κ3) is 5.86. The first-order chi connectivity index (χ1) is 46.7. The fourth-order valence-electron chi connectivity index (χ4n) is 6.98. The third-order valence-electron chi connectivity index (χ3n) is 9.72. The lowest BCUT2D eigenvalue weighted by molar-refractivity contribution is 0.660. The SMILES string of the molecule is [2H]C=C([2H])/C([2H])=C(/[2H])C(=C[2H])c1c([2H])c([2H])c(-c2c([2H])c3c(oc4c(N(c5c([2H])c([2H])c(-c6c([2H])c([2H])c([2H])c7cc([2H])c([2H])c([2H])c67)c([2H])c5[2H])c5c([2H])c([2H])c6c(c5[2H])C(C([2H])([2H])[2H])(C([2H])([2H])[2H])c5c([2H])c([2H])c([2H])c([2H])c5-6)c([2H])c([2H])c([2H])c43)c3c([2H])c([2H])c([2H])c([2H])c23)c([2H])c1[2H]. The van der Waals surface area contributed by atoms with Gasteiger partial charge in [-0.2, -0.15) is 0 Å². The number of fused-ring (bicyclic) bond motifs is 9. The van der Waals surface area contributed by atoms with E-state index in [1.54, 1.807) is 0 Å². The normalized spacial score (nSPS) is 23.7. The van der Waals surface area contributed by atoms with Crippen molar-refractivity contribution < 1.29 is 59.2 Å². The van der Waals surface area contributed by atoms with Crippen LogP contribution in [0.4, 0.5) is 17.1 Å². The summed E-state index contributed by atoms with van der Waals surface area (Å²) in [6, 6.07) is -36.3. The summed E-state index contributed by atoms with van der Waals surface area (Å²) in [6.07, 6.45) is 0. The monoisotopic (exact) mass is 822 g/mol. The Morgan fingerprint density at radius 3 is 2.15 bits per heavy atom. The van der Waals surface area contributed by atoms with Crippen LogP contribution in [0.5, 0.6) is 0 Å². The molecule has 0 radical (unpaired) electrons. The third-order valence-corrected chi connectivity index (χ3v) is 9.72. The highest BCUT2D eigenvalue weighted by atomic mass is 16.3. The van der Waals surface area contributed by atoms with E-state index in [0.29, 0.717) is 13.1 Å². The van der Waals surface area contributed by atoms with Crippen LogP contribution in [0.3, 0.4) is 0 Å². The number of benzene rings is 9. The standard InChI is InChI=1S/C59H43NO/c1-5-6-15-38(2)39-26-28-42(29-27-39)52-37-53-51-23-14-25-56(58(51)61-57(53)50-21-10-9-19-47(50)52)60(44-34-35-49-48-20-11-12-24-54(48)59(3,4)55(49)36-44)43-32-30-41(31-33-43)46-22-13-17-40-16-7-8-18-45(40)46/h5-37H,1-2H2,3-4H3/b15-6-/i1D,2D,3D3,4D3,5D,6D,7D,8D,9D,10D,11D,12D,13D,14D,15D,17D,18D,19D,20D,21D,22D,23D,24D,25D,26D,27D,28D,29D,30D,31D,32D,33D,34D,35D,36D,37D/b5-1?,15-6-,38-2?. The predicted octanol–water partition coefficient (Wildman–Crippen LogP) is 16.8. The van der Waals surface area contributed by atoms with Crippen molar-refractivity contribution in [3.05, 3.63) is 229 Å². The molecule has 0 unspecified atom stereocenters. The summed E-state index contributed by atoms with van der Waals surface area (Å²) in [4.78, 5) is 0.189. The molecule has 0 saturated carbocycles. The van der Waals surface area contributed by atoms with E-state index >= 15 is 0 Å². The molecular weight excluding hydrogens is 739 g/mol. The molecule has 61 heavy (non-hydrogen) atoms. The summed E-state index contributed by atoms with van der Waals surface area (Å²) >= 11 is 0. The Morgan fingerprint density at radius 2 is 1.30 bits per heavy atom. The van der Waals surface area contributed by atoms with Crippen molar-refractivity contribution in [1.82, 2.24) is 0 Å². The minimum absolute atomic E-state index is 0.189. The summed E-state index contributed by atoms with van der Waals surface area (Å²) in [5.74, 6) is 0. The molecule has 1 heterocycles. The molecule has 0 atom stereocenters. The summed E-state index contributed by atoms with van der Waals surface area (Å²) in [6.45, 7) is -7.52. The molecule has 0 N–H and O–H groups in total. The number of para-hydroxylation sites is 1. The fraction of sp³-hybridized carbons (Fsp3) is 0.0508. The van der Waals surface area contributed by atoms with E-state index in [9.17, 15) is 23.3 Å². The Balaban J connectivity index is 1.40. The van der Waals surface area contributed by atoms with Crippen LogP contribution in [0.15, 0.2) is 217 Å². The van der Waals surface area contributed by atoms with E-state index < -0.39 is 329 Å². The van der Waals surface area contributed by atoms with E-state index in [0.717, 1.165) is 6.07 Å². The van der Waals surface area contributed by atoms with Crippen LogP contribution < -0.4 is 4.90 Å². The highest BCUT2D eigenvalue weighted by molar-refractivity contribution is 6.21. The number of hydrogen-bond acceptors (Lipinski definition) is 2. The van der Waals surface area contributed by atoms with Crippen molar-refractivity contribution in [3.63, 3.8) is 0 Å². The second kappa shape index (κ2) is 14.3. The maximum Gasteiger partial charge on any atom is 0.159 e. The number of allylic oxidation sites excluding steroid dienone is 4. The lowest BCUT2D eigenvalue weighted by atomic mass is 9.82. The zero-order valence-corrected chi connectivity index (χ0v) is 30.6. The van der Waals surface area contributed by atoms with E-state index in [4.69, 9.17) is 35.9 Å². The Labute approximate surface area is 412 Å². The average molecular weight is 822 g/mol. The van der Waals surface area contributed by atoms with Gasteiger partial charge in [-0.05, 0) is 108 Å². The molecule has 11 rings (SSSR count). The summed E-state index contributed by atoms with van der Waals surface area (Å²) < 4.78 is 372. The predicted molar refractivity (Wildman–Crippen MR) is 260 cm³/mol. The van der Waals surface area contributed by atoms with Gasteiger partial charge in [0.2, 0.25) is 0 Å². The molecule has 1 aliphatic carbocycles. The lowest BCUT2D eigenvalue weighted by Crippen LogP contribution is -2.16. The molecule has 0 bridgehead atoms. The topological polar surface area (TPSA) is 16.4 Å². The van der Waals surface area contributed by atoms with Crippen LogP contribution in [0, 0.1) is 0 Å². The van der Waals surface area contributed by atoms with Crippen molar-refractivity contribution in [3.8, 4) is 33.4 Å². The van der Waals surface area contributed by atoms with Gasteiger partial charge in [0, 0.05) is 41.2 Å². The molecule has 0 saturated heterocycles. The van der Waals surface area contributed by atoms with Gasteiger partial charge in [-0.3, -0.25) is 0 Å². The van der Waals surface area contributed by atoms with Gasteiger partial charge in [-0.25, -0.2) is 0 Å². The smallest absolute Gasteiger partial charge is 0.159 e. The zero-order valence-electron chi connectivity index (χ0n) is 70.6. The van der Waals surface area contributed by atoms with Crippen molar-refractivity contribution >= 4 is 66.1 Å². The van der Waals surface area contributed by atoms with E-state index in [1.807, 2.05) is 0 Å². The maximum absolute atomic E-state index is 10.3. The zero-order chi connectivity index (χ0) is 75.5. The number of hydrogen-bond donors (Lipinski definition) is 0. The molecule has 290 valence electrons. The van der Waals surface area contributed by atoms with Crippen LogP contribution in [0.25, 0.3) is 82.4 Å². The summed E-state index contributed by atoms with van der Waals surface area (Å²) in [5.41, 5.74) is -20.3. The second-order valence-corrected chi connectivity index (χ2v) is 13.2. The van der Waals surface area contributed by atoms with Crippen molar-refractivity contribution in [2.24, 2.45) is 0 Å². The van der Waals surface area contributed by atoms with Gasteiger partial charge in [0.1, 0.15) is 5.58 Å². The molecule has 0 spiro atoms. The van der Waals surface area contributed by atoms with Gasteiger partial charge >= 0.3 is 0 Å². The maximum atomic E-state index is 10.3. The first kappa shape index (κ1) is 13.7. The van der Waals surface area contributed by atoms with Crippen LogP contribution in [0.2, 0.25) is 0 Å². The minimum atomic E-state index is -4.12. The Hall–Kier alpha value is -7.68. The molecular formula is C59H43NO. The van der Waals surface area contributed by atoms with Gasteiger partial charge in [0.05, 0.1) is 52.3 Å². The van der Waals surface area contributed by atoms with Gasteiger partial charge in [-0.1, -0.05) is 190 Å². The van der Waals surface area contributed by atoms with Crippen LogP contribution >= 0.6 is 0 Å². The highest BCUT2D eigenvalue weighted by Crippen LogP contribution is 2.52. The number of rotatable bonds is 8. The Morgan fingerprint density at radius 1 is 0.607 bits per heavy atom.